The molecule has 0 radical (unpaired) electrons. The minimum absolute atomic E-state index is 0.00306. The predicted molar refractivity (Wildman–Crippen MR) is 170 cm³/mol. The number of nitro groups is 1. The fraction of sp³-hybridized carbons (Fsp3) is 0.294. The van der Waals surface area contributed by atoms with E-state index in [0.717, 1.165) is 25.9 Å². The van der Waals surface area contributed by atoms with Gasteiger partial charge in [0.2, 0.25) is 0 Å². The summed E-state index contributed by atoms with van der Waals surface area (Å²) in [4.78, 5) is 39.7. The molecule has 0 spiro atoms. The Morgan fingerprint density at radius 2 is 1.67 bits per heavy atom. The molecular formula is C34H35ClN4O6. The summed E-state index contributed by atoms with van der Waals surface area (Å²) < 4.78 is 10.7. The molecule has 3 aromatic carbocycles. The molecule has 1 unspecified atom stereocenters. The average molecular weight is 631 g/mol. The maximum atomic E-state index is 13.6. The van der Waals surface area contributed by atoms with Crippen molar-refractivity contribution in [3.63, 3.8) is 0 Å². The zero-order valence-electron chi connectivity index (χ0n) is 25.1. The van der Waals surface area contributed by atoms with Crippen molar-refractivity contribution in [1.29, 1.82) is 0 Å². The second-order valence-electron chi connectivity index (χ2n) is 11.2. The molecule has 1 saturated heterocycles. The van der Waals surface area contributed by atoms with E-state index >= 15 is 0 Å². The van der Waals surface area contributed by atoms with Crippen LogP contribution in [0.1, 0.15) is 42.4 Å². The van der Waals surface area contributed by atoms with Crippen molar-refractivity contribution < 1.29 is 24.0 Å². The quantitative estimate of drug-likeness (QED) is 0.186. The Bertz CT molecular complexity index is 1650. The second-order valence-corrected chi connectivity index (χ2v) is 11.6. The molecule has 2 heterocycles. The first kappa shape index (κ1) is 31.7. The highest BCUT2D eigenvalue weighted by atomic mass is 35.5. The predicted octanol–water partition coefficient (Wildman–Crippen LogP) is 5.18. The lowest BCUT2D eigenvalue weighted by molar-refractivity contribution is -0.384. The first-order valence-corrected chi connectivity index (χ1v) is 15.0. The zero-order valence-corrected chi connectivity index (χ0v) is 25.9. The molecule has 3 aromatic rings. The number of benzene rings is 3. The monoisotopic (exact) mass is 630 g/mol. The van der Waals surface area contributed by atoms with E-state index in [1.54, 1.807) is 13.0 Å². The smallest absolute Gasteiger partial charge is 0.338 e. The van der Waals surface area contributed by atoms with E-state index in [1.807, 2.05) is 18.2 Å². The van der Waals surface area contributed by atoms with Crippen LogP contribution < -0.4 is 11.1 Å². The van der Waals surface area contributed by atoms with Crippen LogP contribution in [0.25, 0.3) is 0 Å². The Hall–Kier alpha value is -4.67. The Morgan fingerprint density at radius 3 is 2.31 bits per heavy atom. The number of non-ortho nitro benzene ring substituents is 1. The zero-order chi connectivity index (χ0) is 32.1. The number of dihydropyridines is 1. The third-order valence-corrected chi connectivity index (χ3v) is 8.96. The van der Waals surface area contributed by atoms with E-state index in [2.05, 4.69) is 46.6 Å². The number of nitrogens with two attached hydrogens (primary N) is 1. The van der Waals surface area contributed by atoms with Crippen LogP contribution >= 0.6 is 11.6 Å². The van der Waals surface area contributed by atoms with Crippen molar-refractivity contribution >= 4 is 29.2 Å². The number of nitrogens with one attached hydrogen (secondary N) is 1. The second kappa shape index (κ2) is 13.5. The Labute approximate surface area is 266 Å². The molecule has 0 saturated carbocycles. The van der Waals surface area contributed by atoms with Gasteiger partial charge in [0.15, 0.2) is 0 Å². The number of nitro benzene ring substituents is 1. The fourth-order valence-electron chi connectivity index (χ4n) is 6.39. The van der Waals surface area contributed by atoms with Crippen molar-refractivity contribution in [3.8, 4) is 0 Å². The van der Waals surface area contributed by atoms with Gasteiger partial charge in [-0.05, 0) is 61.7 Å². The highest BCUT2D eigenvalue weighted by molar-refractivity contribution is 6.30. The van der Waals surface area contributed by atoms with Gasteiger partial charge in [0.05, 0.1) is 29.1 Å². The first-order valence-electron chi connectivity index (χ1n) is 14.7. The van der Waals surface area contributed by atoms with E-state index in [0.29, 0.717) is 22.8 Å². The van der Waals surface area contributed by atoms with E-state index in [-0.39, 0.29) is 34.7 Å². The maximum Gasteiger partial charge on any atom is 0.338 e. The van der Waals surface area contributed by atoms with E-state index in [1.165, 1.54) is 36.4 Å². The number of ether oxygens (including phenoxy) is 2. The molecule has 0 amide bonds. The highest BCUT2D eigenvalue weighted by Gasteiger charge is 2.40. The molecule has 11 heteroatoms. The van der Waals surface area contributed by atoms with E-state index in [4.69, 9.17) is 26.8 Å². The summed E-state index contributed by atoms with van der Waals surface area (Å²) in [6.07, 6.45) is 1.75. The summed E-state index contributed by atoms with van der Waals surface area (Å²) in [7, 11) is 1.20. The van der Waals surface area contributed by atoms with Gasteiger partial charge in [-0.2, -0.15) is 0 Å². The van der Waals surface area contributed by atoms with E-state index in [9.17, 15) is 19.7 Å². The number of hydrogen-bond acceptors (Lipinski definition) is 9. The minimum atomic E-state index is -1.02. The first-order chi connectivity index (χ1) is 21.6. The molecule has 45 heavy (non-hydrogen) atoms. The van der Waals surface area contributed by atoms with Crippen molar-refractivity contribution in [1.82, 2.24) is 10.2 Å². The van der Waals surface area contributed by atoms with Gasteiger partial charge in [0.25, 0.3) is 5.69 Å². The highest BCUT2D eigenvalue weighted by Crippen LogP contribution is 2.42. The normalized spacial score (nSPS) is 18.2. The number of esters is 2. The van der Waals surface area contributed by atoms with E-state index < -0.39 is 22.8 Å². The van der Waals surface area contributed by atoms with Crippen LogP contribution in [0.2, 0.25) is 5.02 Å². The lowest BCUT2D eigenvalue weighted by Gasteiger charge is -2.43. The lowest BCUT2D eigenvalue weighted by Crippen LogP contribution is -2.44. The summed E-state index contributed by atoms with van der Waals surface area (Å²) in [5.74, 6) is -2.43. The van der Waals surface area contributed by atoms with Crippen molar-refractivity contribution in [2.75, 3.05) is 33.4 Å². The molecule has 0 bridgehead atoms. The number of methoxy groups -OCH3 is 1. The summed E-state index contributed by atoms with van der Waals surface area (Å²) in [5, 5.41) is 15.1. The van der Waals surface area contributed by atoms with Gasteiger partial charge >= 0.3 is 11.9 Å². The minimum Gasteiger partial charge on any atom is -0.466 e. The number of rotatable bonds is 9. The third-order valence-electron chi connectivity index (χ3n) is 8.71. The largest absolute Gasteiger partial charge is 0.466 e. The molecule has 2 aliphatic heterocycles. The van der Waals surface area contributed by atoms with Gasteiger partial charge in [-0.1, -0.05) is 66.2 Å². The summed E-state index contributed by atoms with van der Waals surface area (Å²) in [6, 6.07) is 24.3. The summed E-state index contributed by atoms with van der Waals surface area (Å²) in [6.45, 7) is 3.86. The van der Waals surface area contributed by atoms with Gasteiger partial charge in [0.1, 0.15) is 12.4 Å². The molecule has 234 valence electrons. The lowest BCUT2D eigenvalue weighted by atomic mass is 9.68. The number of piperidine rings is 1. The number of carbonyl (C=O) groups is 2. The molecule has 1 fully saturated rings. The van der Waals surface area contributed by atoms with Gasteiger partial charge < -0.3 is 20.5 Å². The van der Waals surface area contributed by atoms with Gasteiger partial charge in [-0.15, -0.1) is 0 Å². The topological polar surface area (TPSA) is 137 Å². The number of hydrogen-bond donors (Lipinski definition) is 2. The molecule has 0 aliphatic carbocycles. The summed E-state index contributed by atoms with van der Waals surface area (Å²) >= 11 is 6.20. The van der Waals surface area contributed by atoms with Crippen LogP contribution in [0.3, 0.4) is 0 Å². The van der Waals surface area contributed by atoms with Gasteiger partial charge in [-0.25, -0.2) is 9.59 Å². The van der Waals surface area contributed by atoms with Crippen molar-refractivity contribution in [2.45, 2.75) is 31.1 Å². The molecule has 2 aliphatic rings. The van der Waals surface area contributed by atoms with Crippen LogP contribution in [-0.2, 0) is 24.5 Å². The molecule has 3 N–H and O–H groups in total. The average Bonchev–Trinajstić information content (AvgIpc) is 3.05. The Kier molecular flexibility index (Phi) is 9.55. The number of nitrogens with zero attached hydrogens (tertiary/aromatic N) is 2. The summed E-state index contributed by atoms with van der Waals surface area (Å²) in [5.41, 5.74) is 9.15. The van der Waals surface area contributed by atoms with Gasteiger partial charge in [0, 0.05) is 34.8 Å². The van der Waals surface area contributed by atoms with Crippen LogP contribution in [0.5, 0.6) is 0 Å². The van der Waals surface area contributed by atoms with Crippen LogP contribution in [0.4, 0.5) is 5.69 Å². The van der Waals surface area contributed by atoms with Crippen molar-refractivity contribution in [2.24, 2.45) is 5.73 Å². The molecule has 5 rings (SSSR count). The SMILES string of the molecule is COC(=O)C1=C(N)NC(C)=C(C(=O)OCCN2CCC(c3ccccc3)(c3ccc(Cl)cc3)CC2)C1c1cccc([N+](=O)[O-])c1. The number of likely N-dealkylation sites (tertiary alicyclic amines) is 1. The number of halogens is 1. The van der Waals surface area contributed by atoms with Crippen LogP contribution in [0.15, 0.2) is 102 Å². The Balaban J connectivity index is 1.31. The molecule has 0 aromatic heterocycles. The number of carbonyl (C=O) groups excluding carboxylic acids is 2. The standard InChI is InChI=1S/C34H35ClN4O6/c1-22-28(29(30(31(36)37-22)32(40)44-2)23-7-6-10-27(21-23)39(42)43)33(41)45-20-19-38-17-15-34(16-18-38,24-8-4-3-5-9-24)25-11-13-26(35)14-12-25/h3-14,21,29,37H,15-20,36H2,1-2H3. The van der Waals surface area contributed by atoms with Crippen LogP contribution in [-0.4, -0.2) is 55.1 Å². The maximum absolute atomic E-state index is 13.6. The Morgan fingerprint density at radius 1 is 1.00 bits per heavy atom. The number of allylic oxidation sites excluding steroid dienone is 1. The third kappa shape index (κ3) is 6.57. The molecule has 1 atom stereocenters. The van der Waals surface area contributed by atoms with Gasteiger partial charge in [-0.3, -0.25) is 15.0 Å². The molecular weight excluding hydrogens is 596 g/mol. The van der Waals surface area contributed by atoms with Crippen LogP contribution in [0, 0.1) is 10.1 Å². The van der Waals surface area contributed by atoms with Crippen molar-refractivity contribution in [3.05, 3.63) is 133 Å². The fourth-order valence-corrected chi connectivity index (χ4v) is 6.51. The molecule has 10 nitrogen and oxygen atoms in total.